The van der Waals surface area contributed by atoms with Gasteiger partial charge in [-0.1, -0.05) is 18.2 Å². The second kappa shape index (κ2) is 9.80. The first-order chi connectivity index (χ1) is 13.9. The molecule has 4 N–H and O–H groups in total. The number of nitrogens with two attached hydrogens (primary N) is 1. The summed E-state index contributed by atoms with van der Waals surface area (Å²) in [5.41, 5.74) is 6.59. The first-order valence-electron chi connectivity index (χ1n) is 8.69. The van der Waals surface area contributed by atoms with Crippen LogP contribution < -0.4 is 25.8 Å². The first kappa shape index (κ1) is 21.3. The van der Waals surface area contributed by atoms with E-state index in [0.717, 1.165) is 5.56 Å². The van der Waals surface area contributed by atoms with E-state index in [4.69, 9.17) is 15.2 Å². The minimum Gasteiger partial charge on any atom is -0.493 e. The highest BCUT2D eigenvalue weighted by Crippen LogP contribution is 2.29. The highest BCUT2D eigenvalue weighted by atomic mass is 16.5. The number of amides is 2. The van der Waals surface area contributed by atoms with Crippen molar-refractivity contribution < 1.29 is 19.1 Å². The van der Waals surface area contributed by atoms with E-state index in [-0.39, 0.29) is 11.1 Å². The van der Waals surface area contributed by atoms with Crippen LogP contribution in [-0.4, -0.2) is 26.0 Å². The van der Waals surface area contributed by atoms with Crippen LogP contribution in [0.5, 0.6) is 11.5 Å². The lowest BCUT2D eigenvalue weighted by atomic mass is 10.1. The summed E-state index contributed by atoms with van der Waals surface area (Å²) in [6.45, 7) is 1.78. The average molecular weight is 394 g/mol. The normalized spacial score (nSPS) is 11.7. The molecule has 0 saturated heterocycles. The van der Waals surface area contributed by atoms with Gasteiger partial charge in [-0.3, -0.25) is 9.59 Å². The van der Waals surface area contributed by atoms with Gasteiger partial charge in [-0.05, 0) is 36.8 Å². The van der Waals surface area contributed by atoms with E-state index in [2.05, 4.69) is 10.6 Å². The molecule has 0 spiro atoms. The fourth-order valence-corrected chi connectivity index (χ4v) is 2.60. The maximum Gasteiger partial charge on any atom is 0.263 e. The molecule has 2 aromatic rings. The van der Waals surface area contributed by atoms with Crippen LogP contribution in [0.4, 0.5) is 5.69 Å². The summed E-state index contributed by atoms with van der Waals surface area (Å²) in [6.07, 6.45) is 1.23. The molecule has 1 unspecified atom stereocenters. The zero-order valence-corrected chi connectivity index (χ0v) is 16.4. The van der Waals surface area contributed by atoms with Crippen LogP contribution in [0.25, 0.3) is 0 Å². The number of methoxy groups -OCH3 is 2. The molecule has 0 saturated carbocycles. The zero-order chi connectivity index (χ0) is 21.4. The third kappa shape index (κ3) is 5.26. The first-order valence-corrected chi connectivity index (χ1v) is 8.69. The maximum atomic E-state index is 12.5. The number of rotatable bonds is 8. The number of para-hydroxylation sites is 1. The lowest BCUT2D eigenvalue weighted by Crippen LogP contribution is -2.28. The second-order valence-electron chi connectivity index (χ2n) is 6.03. The fourth-order valence-electron chi connectivity index (χ4n) is 2.60. The van der Waals surface area contributed by atoms with Gasteiger partial charge in [0.25, 0.3) is 11.8 Å². The SMILES string of the molecule is COc1ccc(C(C)NC(=O)/C(C#N)=C\Nc2ccccc2C(N)=O)cc1OC. The van der Waals surface area contributed by atoms with Crippen LogP contribution in [-0.2, 0) is 4.79 Å². The van der Waals surface area contributed by atoms with Crippen molar-refractivity contribution in [2.45, 2.75) is 13.0 Å². The Balaban J connectivity index is 2.15. The van der Waals surface area contributed by atoms with Gasteiger partial charge in [0, 0.05) is 6.20 Å². The molecule has 0 aromatic heterocycles. The van der Waals surface area contributed by atoms with Crippen molar-refractivity contribution in [3.8, 4) is 17.6 Å². The van der Waals surface area contributed by atoms with E-state index in [0.29, 0.717) is 17.2 Å². The van der Waals surface area contributed by atoms with Gasteiger partial charge in [-0.25, -0.2) is 0 Å². The van der Waals surface area contributed by atoms with Gasteiger partial charge < -0.3 is 25.8 Å². The van der Waals surface area contributed by atoms with Crippen LogP contribution in [0.1, 0.15) is 28.9 Å². The number of carbonyl (C=O) groups is 2. The number of nitriles is 1. The number of nitrogens with one attached hydrogen (secondary N) is 2. The van der Waals surface area contributed by atoms with Gasteiger partial charge in [0.1, 0.15) is 11.6 Å². The number of nitrogens with zero attached hydrogens (tertiary/aromatic N) is 1. The van der Waals surface area contributed by atoms with E-state index in [1.807, 2.05) is 6.07 Å². The topological polar surface area (TPSA) is 126 Å². The monoisotopic (exact) mass is 394 g/mol. The average Bonchev–Trinajstić information content (AvgIpc) is 2.73. The molecule has 29 heavy (non-hydrogen) atoms. The van der Waals surface area contributed by atoms with Crippen molar-refractivity contribution in [3.05, 3.63) is 65.4 Å². The molecule has 0 heterocycles. The van der Waals surface area contributed by atoms with Crippen molar-refractivity contribution >= 4 is 17.5 Å². The van der Waals surface area contributed by atoms with Crippen LogP contribution in [0.2, 0.25) is 0 Å². The lowest BCUT2D eigenvalue weighted by molar-refractivity contribution is -0.117. The van der Waals surface area contributed by atoms with Crippen LogP contribution >= 0.6 is 0 Å². The van der Waals surface area contributed by atoms with E-state index in [1.54, 1.807) is 49.4 Å². The van der Waals surface area contributed by atoms with Crippen molar-refractivity contribution in [3.63, 3.8) is 0 Å². The minimum absolute atomic E-state index is 0.156. The number of anilines is 1. The Kier molecular flexibility index (Phi) is 7.20. The largest absolute Gasteiger partial charge is 0.493 e. The van der Waals surface area contributed by atoms with Gasteiger partial charge in [-0.2, -0.15) is 5.26 Å². The quantitative estimate of drug-likeness (QED) is 0.466. The highest BCUT2D eigenvalue weighted by Gasteiger charge is 2.16. The number of hydrogen-bond donors (Lipinski definition) is 3. The van der Waals surface area contributed by atoms with Crippen LogP contribution in [0.15, 0.2) is 54.2 Å². The van der Waals surface area contributed by atoms with Gasteiger partial charge in [0.2, 0.25) is 0 Å². The summed E-state index contributed by atoms with van der Waals surface area (Å²) in [7, 11) is 3.06. The Hall–Kier alpha value is -3.99. The van der Waals surface area contributed by atoms with Gasteiger partial charge in [0.15, 0.2) is 11.5 Å². The molecular formula is C21H22N4O4. The summed E-state index contributed by atoms with van der Waals surface area (Å²) in [5, 5.41) is 14.9. The number of carbonyl (C=O) groups excluding carboxylic acids is 2. The maximum absolute atomic E-state index is 12.5. The number of benzene rings is 2. The smallest absolute Gasteiger partial charge is 0.263 e. The molecule has 8 nitrogen and oxygen atoms in total. The molecule has 1 atom stereocenters. The number of ether oxygens (including phenoxy) is 2. The summed E-state index contributed by atoms with van der Waals surface area (Å²) in [5.74, 6) is -0.0815. The Bertz CT molecular complexity index is 979. The Labute approximate surface area is 168 Å². The van der Waals surface area contributed by atoms with Crippen molar-refractivity contribution in [1.29, 1.82) is 5.26 Å². The summed E-state index contributed by atoms with van der Waals surface area (Å²) in [4.78, 5) is 24.0. The molecule has 0 aliphatic carbocycles. The standard InChI is InChI=1S/C21H22N4O4/c1-13(14-8-9-18(28-2)19(10-14)29-3)25-21(27)15(11-22)12-24-17-7-5-4-6-16(17)20(23)26/h4-10,12-13,24H,1-3H3,(H2,23,26)(H,25,27)/b15-12-. The molecule has 8 heteroatoms. The van der Waals surface area contributed by atoms with Crippen molar-refractivity contribution in [2.75, 3.05) is 19.5 Å². The fraction of sp³-hybridized carbons (Fsp3) is 0.190. The predicted octanol–water partition coefficient (Wildman–Crippen LogP) is 2.50. The molecular weight excluding hydrogens is 372 g/mol. The summed E-state index contributed by atoms with van der Waals surface area (Å²) >= 11 is 0. The van der Waals surface area contributed by atoms with Crippen molar-refractivity contribution in [2.24, 2.45) is 5.73 Å². The Morgan fingerprint density at radius 1 is 1.14 bits per heavy atom. The number of hydrogen-bond acceptors (Lipinski definition) is 6. The molecule has 2 rings (SSSR count). The second-order valence-corrected chi connectivity index (χ2v) is 6.03. The molecule has 2 amide bonds. The number of primary amides is 1. The van der Waals surface area contributed by atoms with E-state index >= 15 is 0 Å². The molecule has 0 fully saturated rings. The molecule has 0 radical (unpaired) electrons. The highest BCUT2D eigenvalue weighted by molar-refractivity contribution is 6.00. The Morgan fingerprint density at radius 2 is 1.83 bits per heavy atom. The van der Waals surface area contributed by atoms with Gasteiger partial charge >= 0.3 is 0 Å². The molecule has 0 bridgehead atoms. The molecule has 150 valence electrons. The van der Waals surface area contributed by atoms with Gasteiger partial charge in [-0.15, -0.1) is 0 Å². The van der Waals surface area contributed by atoms with Crippen LogP contribution in [0.3, 0.4) is 0 Å². The van der Waals surface area contributed by atoms with Crippen molar-refractivity contribution in [1.82, 2.24) is 5.32 Å². The van der Waals surface area contributed by atoms with E-state index in [1.165, 1.54) is 20.4 Å². The zero-order valence-electron chi connectivity index (χ0n) is 16.4. The van der Waals surface area contributed by atoms with Crippen LogP contribution in [0, 0.1) is 11.3 Å². The van der Waals surface area contributed by atoms with E-state index in [9.17, 15) is 14.9 Å². The van der Waals surface area contributed by atoms with Gasteiger partial charge in [0.05, 0.1) is 31.5 Å². The van der Waals surface area contributed by atoms with E-state index < -0.39 is 17.9 Å². The third-order valence-corrected chi connectivity index (χ3v) is 4.18. The Morgan fingerprint density at radius 3 is 2.45 bits per heavy atom. The summed E-state index contributed by atoms with van der Waals surface area (Å²) < 4.78 is 10.5. The molecule has 0 aliphatic rings. The predicted molar refractivity (Wildman–Crippen MR) is 108 cm³/mol. The summed E-state index contributed by atoms with van der Waals surface area (Å²) in [6, 6.07) is 13.3. The molecule has 2 aromatic carbocycles. The minimum atomic E-state index is -0.619. The molecule has 0 aliphatic heterocycles. The lowest BCUT2D eigenvalue weighted by Gasteiger charge is -2.16. The third-order valence-electron chi connectivity index (χ3n) is 4.18.